The molecule has 0 aromatic carbocycles. The standard InChI is InChI=1S/C17H29FN2O6P2/c1-5-11-27(22)16(28(23,24)25)12-15(21)26-14(6-2)17(13(3)18)20-9-7-19(4)8-10-20/h6,16H,5,7-12H2,1-4H3,(H-,23,24,25)/p+1. The minimum atomic E-state index is -4.75. The molecule has 1 aliphatic rings. The van der Waals surface area contributed by atoms with Gasteiger partial charge in [-0.1, -0.05) is 11.5 Å². The maximum Gasteiger partial charge on any atom is 0.376 e. The van der Waals surface area contributed by atoms with Gasteiger partial charge in [0.05, 0.1) is 0 Å². The van der Waals surface area contributed by atoms with E-state index in [-0.39, 0.29) is 17.6 Å². The number of halogens is 1. The number of allylic oxidation sites excluding steroid dienone is 2. The van der Waals surface area contributed by atoms with Gasteiger partial charge in [-0.3, -0.25) is 9.36 Å². The lowest BCUT2D eigenvalue weighted by atomic mass is 10.2. The zero-order chi connectivity index (χ0) is 21.5. The molecule has 1 rings (SSSR count). The zero-order valence-electron chi connectivity index (χ0n) is 16.8. The molecule has 2 unspecified atom stereocenters. The van der Waals surface area contributed by atoms with Crippen LogP contribution in [0.2, 0.25) is 0 Å². The lowest BCUT2D eigenvalue weighted by molar-refractivity contribution is -0.139. The van der Waals surface area contributed by atoms with E-state index >= 15 is 0 Å². The molecule has 0 aromatic rings. The second kappa shape index (κ2) is 11.2. The van der Waals surface area contributed by atoms with Crippen molar-refractivity contribution in [1.82, 2.24) is 9.80 Å². The average Bonchev–Trinajstić information content (AvgIpc) is 2.59. The lowest BCUT2D eigenvalue weighted by Gasteiger charge is -2.35. The summed E-state index contributed by atoms with van der Waals surface area (Å²) in [4.78, 5) is 35.1. The molecule has 160 valence electrons. The molecule has 0 bridgehead atoms. The Labute approximate surface area is 166 Å². The number of piperazine rings is 1. The highest BCUT2D eigenvalue weighted by molar-refractivity contribution is 7.67. The summed E-state index contributed by atoms with van der Waals surface area (Å²) >= 11 is 0. The molecule has 2 atom stereocenters. The molecule has 1 heterocycles. The Bertz CT molecular complexity index is 679. The first kappa shape index (κ1) is 24.9. The molecule has 1 aliphatic heterocycles. The summed E-state index contributed by atoms with van der Waals surface area (Å²) in [5, 5.41) is -1.60. The third-order valence-corrected chi connectivity index (χ3v) is 8.75. The number of nitrogens with zero attached hydrogens (tertiary/aromatic N) is 2. The number of carbonyl (C=O) groups excluding carboxylic acids is 1. The fraction of sp³-hybridized carbons (Fsp3) is 0.706. The summed E-state index contributed by atoms with van der Waals surface area (Å²) in [5.41, 5.74) is 0.148. The number of ether oxygens (including phenoxy) is 1. The van der Waals surface area contributed by atoms with Crippen LogP contribution in [0.25, 0.3) is 0 Å². The summed E-state index contributed by atoms with van der Waals surface area (Å²) in [6.45, 7) is 7.13. The molecule has 0 aromatic heterocycles. The van der Waals surface area contributed by atoms with Crippen LogP contribution in [0.3, 0.4) is 0 Å². The Kier molecular flexibility index (Phi) is 9.95. The van der Waals surface area contributed by atoms with Gasteiger partial charge in [0.15, 0.2) is 5.76 Å². The van der Waals surface area contributed by atoms with E-state index in [9.17, 15) is 28.1 Å². The van der Waals surface area contributed by atoms with Gasteiger partial charge in [0.25, 0.3) is 5.40 Å². The fourth-order valence-electron chi connectivity index (χ4n) is 2.89. The van der Waals surface area contributed by atoms with E-state index in [1.807, 2.05) is 7.05 Å². The number of hydrogen-bond acceptors (Lipinski definition) is 6. The SMILES string of the molecule is CC=C(OC(=O)CC([P+](=O)CCC)P(=O)(O)O)C(=C(C)F)N1CCN(C)CC1. The van der Waals surface area contributed by atoms with Crippen molar-refractivity contribution in [3.8, 4) is 0 Å². The molecule has 11 heteroatoms. The van der Waals surface area contributed by atoms with Crippen molar-refractivity contribution in [3.05, 3.63) is 23.4 Å². The Morgan fingerprint density at radius 2 is 1.89 bits per heavy atom. The van der Waals surface area contributed by atoms with Gasteiger partial charge in [0.1, 0.15) is 24.1 Å². The predicted octanol–water partition coefficient (Wildman–Crippen LogP) is 3.01. The van der Waals surface area contributed by atoms with Gasteiger partial charge in [-0.25, -0.2) is 4.39 Å². The van der Waals surface area contributed by atoms with E-state index in [2.05, 4.69) is 4.90 Å². The van der Waals surface area contributed by atoms with Crippen LogP contribution < -0.4 is 0 Å². The minimum absolute atomic E-state index is 0.00951. The van der Waals surface area contributed by atoms with Crippen molar-refractivity contribution in [1.29, 1.82) is 0 Å². The first-order valence-corrected chi connectivity index (χ1v) is 12.4. The van der Waals surface area contributed by atoms with Crippen LogP contribution in [-0.2, 0) is 18.7 Å². The second-order valence-corrected chi connectivity index (χ2v) is 10.8. The molecule has 28 heavy (non-hydrogen) atoms. The molecule has 1 saturated heterocycles. The van der Waals surface area contributed by atoms with Crippen LogP contribution in [0.1, 0.15) is 33.6 Å². The smallest absolute Gasteiger partial charge is 0.376 e. The Balaban J connectivity index is 2.95. The molecule has 0 spiro atoms. The van der Waals surface area contributed by atoms with Gasteiger partial charge in [0.2, 0.25) is 0 Å². The second-order valence-electron chi connectivity index (χ2n) is 6.71. The van der Waals surface area contributed by atoms with Gasteiger partial charge in [-0.05, 0) is 33.4 Å². The zero-order valence-corrected chi connectivity index (χ0v) is 18.6. The van der Waals surface area contributed by atoms with Crippen LogP contribution in [0.4, 0.5) is 4.39 Å². The summed E-state index contributed by atoms with van der Waals surface area (Å²) < 4.78 is 43.3. The van der Waals surface area contributed by atoms with Crippen LogP contribution in [-0.4, -0.2) is 70.3 Å². The van der Waals surface area contributed by atoms with Gasteiger partial charge >= 0.3 is 21.4 Å². The largest absolute Gasteiger partial charge is 0.424 e. The van der Waals surface area contributed by atoms with Crippen LogP contribution in [0.5, 0.6) is 0 Å². The molecular weight excluding hydrogens is 409 g/mol. The Hall–Kier alpha value is -1.11. The normalized spacial score (nSPS) is 19.2. The first-order chi connectivity index (χ1) is 13.0. The van der Waals surface area contributed by atoms with Crippen molar-refractivity contribution in [2.75, 3.05) is 39.4 Å². The van der Waals surface area contributed by atoms with Gasteiger partial charge in [0, 0.05) is 26.2 Å². The minimum Gasteiger partial charge on any atom is -0.424 e. The van der Waals surface area contributed by atoms with E-state index in [0.717, 1.165) is 13.1 Å². The van der Waals surface area contributed by atoms with Crippen molar-refractivity contribution in [2.24, 2.45) is 0 Å². The Morgan fingerprint density at radius 3 is 2.32 bits per heavy atom. The maximum absolute atomic E-state index is 14.2. The van der Waals surface area contributed by atoms with E-state index in [1.165, 1.54) is 13.0 Å². The fourth-order valence-corrected chi connectivity index (χ4v) is 6.06. The highest BCUT2D eigenvalue weighted by atomic mass is 31.2. The van der Waals surface area contributed by atoms with E-state index in [4.69, 9.17) is 4.74 Å². The molecule has 0 saturated carbocycles. The molecule has 0 amide bonds. The Morgan fingerprint density at radius 1 is 1.32 bits per heavy atom. The summed E-state index contributed by atoms with van der Waals surface area (Å²) in [5.74, 6) is -1.48. The molecule has 2 N–H and O–H groups in total. The van der Waals surface area contributed by atoms with Gasteiger partial charge in [-0.15, -0.1) is 0 Å². The quantitative estimate of drug-likeness (QED) is 0.244. The third kappa shape index (κ3) is 7.37. The van der Waals surface area contributed by atoms with Crippen molar-refractivity contribution < 1.29 is 32.8 Å². The highest BCUT2D eigenvalue weighted by Crippen LogP contribution is 2.55. The topological polar surface area (TPSA) is 107 Å². The highest BCUT2D eigenvalue weighted by Gasteiger charge is 2.46. The van der Waals surface area contributed by atoms with Crippen molar-refractivity contribution in [3.63, 3.8) is 0 Å². The molecule has 0 aliphatic carbocycles. The van der Waals surface area contributed by atoms with E-state index in [0.29, 0.717) is 19.5 Å². The van der Waals surface area contributed by atoms with Crippen molar-refractivity contribution >= 4 is 21.4 Å². The number of carbonyl (C=O) groups is 1. The summed E-state index contributed by atoms with van der Waals surface area (Å²) in [7, 11) is -5.07. The predicted molar refractivity (Wildman–Crippen MR) is 106 cm³/mol. The van der Waals surface area contributed by atoms with Gasteiger partial charge in [-0.2, -0.15) is 0 Å². The van der Waals surface area contributed by atoms with E-state index in [1.54, 1.807) is 18.7 Å². The number of esters is 1. The average molecular weight is 439 g/mol. The number of hydrogen-bond donors (Lipinski definition) is 2. The summed E-state index contributed by atoms with van der Waals surface area (Å²) in [6.07, 6.45) is 1.31. The van der Waals surface area contributed by atoms with Gasteiger partial charge < -0.3 is 24.3 Å². The van der Waals surface area contributed by atoms with E-state index < -0.39 is 39.0 Å². The maximum atomic E-state index is 14.2. The molecule has 1 fully saturated rings. The monoisotopic (exact) mass is 439 g/mol. The molecule has 0 radical (unpaired) electrons. The van der Waals surface area contributed by atoms with Crippen LogP contribution in [0, 0.1) is 0 Å². The number of rotatable bonds is 9. The lowest BCUT2D eigenvalue weighted by Crippen LogP contribution is -2.44. The number of likely N-dealkylation sites (N-methyl/N-ethyl adjacent to an activating group) is 1. The molecular formula is C17H30FN2O6P2+. The molecule has 8 nitrogen and oxygen atoms in total. The third-order valence-electron chi connectivity index (χ3n) is 4.38. The summed E-state index contributed by atoms with van der Waals surface area (Å²) in [6, 6.07) is 0. The van der Waals surface area contributed by atoms with Crippen molar-refractivity contribution in [2.45, 2.75) is 39.0 Å². The van der Waals surface area contributed by atoms with Crippen LogP contribution in [0.15, 0.2) is 23.4 Å². The first-order valence-electron chi connectivity index (χ1n) is 9.17. The van der Waals surface area contributed by atoms with Crippen LogP contribution >= 0.6 is 15.4 Å².